The van der Waals surface area contributed by atoms with E-state index in [0.717, 1.165) is 0 Å². The molecule has 82 valence electrons. The van der Waals surface area contributed by atoms with Gasteiger partial charge in [-0.2, -0.15) is 0 Å². The van der Waals surface area contributed by atoms with Crippen molar-refractivity contribution >= 4 is 5.97 Å². The van der Waals surface area contributed by atoms with E-state index in [1.807, 2.05) is 0 Å². The fraction of sp³-hybridized carbons (Fsp3) is 0.889. The Bertz CT molecular complexity index is 205. The number of carbonyl (C=O) groups excluding carboxylic acids is 1. The molecule has 0 saturated carbocycles. The lowest BCUT2D eigenvalue weighted by Gasteiger charge is -2.36. The standard InChI is InChI=1S/C9H16O5/c1-5-9(11)7(14-6(2)10)4-8(12-3)13-5/h5,7-9,11H,4H2,1-3H3/t5-,7-,8+,9+/m1/s1. The third-order valence-electron chi connectivity index (χ3n) is 2.23. The monoisotopic (exact) mass is 204 g/mol. The van der Waals surface area contributed by atoms with E-state index in [1.165, 1.54) is 14.0 Å². The lowest BCUT2D eigenvalue weighted by molar-refractivity contribution is -0.242. The van der Waals surface area contributed by atoms with Crippen LogP contribution in [0, 0.1) is 0 Å². The van der Waals surface area contributed by atoms with Crippen molar-refractivity contribution in [2.45, 2.75) is 44.9 Å². The summed E-state index contributed by atoms with van der Waals surface area (Å²) in [6, 6.07) is 0. The normalized spacial score (nSPS) is 38.0. The highest BCUT2D eigenvalue weighted by Gasteiger charge is 2.37. The summed E-state index contributed by atoms with van der Waals surface area (Å²) >= 11 is 0. The molecule has 1 heterocycles. The van der Waals surface area contributed by atoms with Crippen LogP contribution in [-0.4, -0.2) is 42.8 Å². The number of methoxy groups -OCH3 is 1. The molecule has 0 aliphatic carbocycles. The molecular formula is C9H16O5. The molecule has 1 rings (SSSR count). The van der Waals surface area contributed by atoms with Crippen LogP contribution in [0.4, 0.5) is 0 Å². The molecule has 0 aromatic carbocycles. The first-order valence-electron chi connectivity index (χ1n) is 4.58. The summed E-state index contributed by atoms with van der Waals surface area (Å²) < 4.78 is 15.3. The van der Waals surface area contributed by atoms with E-state index in [9.17, 15) is 9.90 Å². The average molecular weight is 204 g/mol. The van der Waals surface area contributed by atoms with E-state index in [-0.39, 0.29) is 0 Å². The first-order chi connectivity index (χ1) is 6.54. The molecule has 0 radical (unpaired) electrons. The van der Waals surface area contributed by atoms with Crippen LogP contribution in [0.25, 0.3) is 0 Å². The predicted molar refractivity (Wildman–Crippen MR) is 47.5 cm³/mol. The smallest absolute Gasteiger partial charge is 0.302 e. The Labute approximate surface area is 82.9 Å². The maximum atomic E-state index is 10.7. The second-order valence-electron chi connectivity index (χ2n) is 3.38. The van der Waals surface area contributed by atoms with Crippen molar-refractivity contribution < 1.29 is 24.1 Å². The molecule has 0 aromatic heterocycles. The second-order valence-corrected chi connectivity index (χ2v) is 3.38. The molecule has 1 N–H and O–H groups in total. The Morgan fingerprint density at radius 2 is 2.21 bits per heavy atom. The van der Waals surface area contributed by atoms with Crippen molar-refractivity contribution in [3.8, 4) is 0 Å². The molecular weight excluding hydrogens is 188 g/mol. The van der Waals surface area contributed by atoms with Crippen molar-refractivity contribution in [3.05, 3.63) is 0 Å². The Morgan fingerprint density at radius 1 is 1.57 bits per heavy atom. The van der Waals surface area contributed by atoms with Gasteiger partial charge < -0.3 is 19.3 Å². The molecule has 1 fully saturated rings. The third-order valence-corrected chi connectivity index (χ3v) is 2.23. The summed E-state index contributed by atoms with van der Waals surface area (Å²) in [7, 11) is 1.51. The highest BCUT2D eigenvalue weighted by Crippen LogP contribution is 2.22. The van der Waals surface area contributed by atoms with Crippen molar-refractivity contribution in [1.82, 2.24) is 0 Å². The van der Waals surface area contributed by atoms with Gasteiger partial charge in [0.15, 0.2) is 6.29 Å². The molecule has 0 aromatic rings. The Morgan fingerprint density at radius 3 is 2.71 bits per heavy atom. The van der Waals surface area contributed by atoms with E-state index in [4.69, 9.17) is 14.2 Å². The lowest BCUT2D eigenvalue weighted by Crippen LogP contribution is -2.49. The van der Waals surface area contributed by atoms with Gasteiger partial charge in [-0.1, -0.05) is 0 Å². The summed E-state index contributed by atoms with van der Waals surface area (Å²) in [4.78, 5) is 10.7. The molecule has 1 saturated heterocycles. The number of hydrogen-bond donors (Lipinski definition) is 1. The topological polar surface area (TPSA) is 65.0 Å². The largest absolute Gasteiger partial charge is 0.459 e. The van der Waals surface area contributed by atoms with E-state index in [1.54, 1.807) is 6.92 Å². The van der Waals surface area contributed by atoms with Gasteiger partial charge >= 0.3 is 5.97 Å². The van der Waals surface area contributed by atoms with Crippen LogP contribution in [0.3, 0.4) is 0 Å². The van der Waals surface area contributed by atoms with Gasteiger partial charge in [-0.25, -0.2) is 0 Å². The Hall–Kier alpha value is -0.650. The zero-order valence-electron chi connectivity index (χ0n) is 8.60. The molecule has 1 aliphatic heterocycles. The minimum atomic E-state index is -0.787. The van der Waals surface area contributed by atoms with Gasteiger partial charge in [0.1, 0.15) is 12.2 Å². The maximum absolute atomic E-state index is 10.7. The van der Waals surface area contributed by atoms with Gasteiger partial charge in [0.25, 0.3) is 0 Å². The minimum Gasteiger partial charge on any atom is -0.459 e. The molecule has 0 amide bonds. The lowest BCUT2D eigenvalue weighted by atomic mass is 10.0. The van der Waals surface area contributed by atoms with Crippen LogP contribution in [-0.2, 0) is 19.0 Å². The summed E-state index contributed by atoms with van der Waals surface area (Å²) in [5, 5.41) is 9.64. The van der Waals surface area contributed by atoms with Crippen LogP contribution in [0.5, 0.6) is 0 Å². The number of aliphatic hydroxyl groups excluding tert-OH is 1. The van der Waals surface area contributed by atoms with E-state index in [0.29, 0.717) is 6.42 Å². The Kier molecular flexibility index (Phi) is 3.86. The second kappa shape index (κ2) is 4.72. The molecule has 0 unspecified atom stereocenters. The highest BCUT2D eigenvalue weighted by atomic mass is 16.7. The van der Waals surface area contributed by atoms with E-state index < -0.39 is 30.6 Å². The molecule has 0 bridgehead atoms. The predicted octanol–water partition coefficient (Wildman–Crippen LogP) is 0.0603. The highest BCUT2D eigenvalue weighted by molar-refractivity contribution is 5.66. The van der Waals surface area contributed by atoms with Gasteiger partial charge in [-0.05, 0) is 6.92 Å². The molecule has 5 nitrogen and oxygen atoms in total. The van der Waals surface area contributed by atoms with Crippen LogP contribution in [0.1, 0.15) is 20.3 Å². The third kappa shape index (κ3) is 2.67. The summed E-state index contributed by atoms with van der Waals surface area (Å²) in [5.41, 5.74) is 0. The van der Waals surface area contributed by atoms with Crippen molar-refractivity contribution in [2.24, 2.45) is 0 Å². The van der Waals surface area contributed by atoms with Crippen molar-refractivity contribution in [1.29, 1.82) is 0 Å². The zero-order chi connectivity index (χ0) is 10.7. The van der Waals surface area contributed by atoms with Crippen LogP contribution < -0.4 is 0 Å². The number of esters is 1. The summed E-state index contributed by atoms with van der Waals surface area (Å²) in [5.74, 6) is -0.405. The maximum Gasteiger partial charge on any atom is 0.302 e. The van der Waals surface area contributed by atoms with E-state index >= 15 is 0 Å². The van der Waals surface area contributed by atoms with Crippen LogP contribution in [0.15, 0.2) is 0 Å². The van der Waals surface area contributed by atoms with Gasteiger partial charge in [0.05, 0.1) is 6.10 Å². The number of hydrogen-bond acceptors (Lipinski definition) is 5. The fourth-order valence-electron chi connectivity index (χ4n) is 1.49. The van der Waals surface area contributed by atoms with Crippen molar-refractivity contribution in [3.63, 3.8) is 0 Å². The fourth-order valence-corrected chi connectivity index (χ4v) is 1.49. The number of rotatable bonds is 2. The van der Waals surface area contributed by atoms with Gasteiger partial charge in [-0.15, -0.1) is 0 Å². The molecule has 0 spiro atoms. The number of ether oxygens (including phenoxy) is 3. The molecule has 5 heteroatoms. The Balaban J connectivity index is 2.57. The first-order valence-corrected chi connectivity index (χ1v) is 4.58. The number of aliphatic hydroxyl groups is 1. The van der Waals surface area contributed by atoms with Gasteiger partial charge in [0, 0.05) is 20.5 Å². The average Bonchev–Trinajstić information content (AvgIpc) is 2.11. The number of carbonyl (C=O) groups is 1. The molecule has 1 aliphatic rings. The first kappa shape index (κ1) is 11.4. The SMILES string of the molecule is CO[C@@H]1C[C@@H](OC(C)=O)[C@@H](O)[C@@H](C)O1. The molecule has 14 heavy (non-hydrogen) atoms. The van der Waals surface area contributed by atoms with Gasteiger partial charge in [0.2, 0.25) is 0 Å². The minimum absolute atomic E-state index is 0.363. The summed E-state index contributed by atoms with van der Waals surface area (Å²) in [6.07, 6.45) is -1.77. The van der Waals surface area contributed by atoms with E-state index in [2.05, 4.69) is 0 Å². The zero-order valence-corrected chi connectivity index (χ0v) is 8.60. The van der Waals surface area contributed by atoms with Crippen LogP contribution in [0.2, 0.25) is 0 Å². The van der Waals surface area contributed by atoms with Crippen LogP contribution >= 0.6 is 0 Å². The van der Waals surface area contributed by atoms with Crippen molar-refractivity contribution in [2.75, 3.05) is 7.11 Å². The quantitative estimate of drug-likeness (QED) is 0.644. The molecule has 4 atom stereocenters. The summed E-state index contributed by atoms with van der Waals surface area (Å²) in [6.45, 7) is 3.03. The van der Waals surface area contributed by atoms with Gasteiger partial charge in [-0.3, -0.25) is 4.79 Å².